The highest BCUT2D eigenvalue weighted by atomic mass is 16.5. The summed E-state index contributed by atoms with van der Waals surface area (Å²) in [6.07, 6.45) is 6.99. The van der Waals surface area contributed by atoms with Gasteiger partial charge < -0.3 is 15.2 Å². The third-order valence-electron chi connectivity index (χ3n) is 6.67. The molecule has 2 N–H and O–H groups in total. The monoisotopic (exact) mass is 484 g/mol. The molecule has 0 spiro atoms. The number of carbonyl (C=O) groups is 2. The van der Waals surface area contributed by atoms with Crippen molar-refractivity contribution < 1.29 is 19.1 Å². The molecular formula is C30H32N2O4. The van der Waals surface area contributed by atoms with Crippen LogP contribution in [0.2, 0.25) is 0 Å². The van der Waals surface area contributed by atoms with E-state index < -0.39 is 5.91 Å². The molecule has 0 saturated heterocycles. The van der Waals surface area contributed by atoms with Crippen LogP contribution in [0.4, 0.5) is 0 Å². The first-order valence-electron chi connectivity index (χ1n) is 12.4. The second-order valence-corrected chi connectivity index (χ2v) is 9.16. The number of allylic oxidation sites excluding steroid dienone is 1. The summed E-state index contributed by atoms with van der Waals surface area (Å²) in [4.78, 5) is 28.9. The number of nitrogens with two attached hydrogens (primary N) is 1. The normalized spacial score (nSPS) is 17.9. The molecule has 3 aromatic rings. The highest BCUT2D eigenvalue weighted by molar-refractivity contribution is 5.95. The predicted octanol–water partition coefficient (Wildman–Crippen LogP) is 6.36. The molecule has 2 atom stereocenters. The lowest BCUT2D eigenvalue weighted by atomic mass is 9.82. The van der Waals surface area contributed by atoms with Crippen molar-refractivity contribution in [2.75, 3.05) is 0 Å². The quantitative estimate of drug-likeness (QED) is 0.357. The van der Waals surface area contributed by atoms with Gasteiger partial charge in [0.15, 0.2) is 5.78 Å². The standard InChI is InChI=1S/C30H32N2O4/c1-2-28(33)23-11-7-6-10-22(12-13-23)27-19-18-26(29(31)34)30(32-27)36-25-16-14-24(15-17-25)35-20-21-8-4-3-5-9-21/h2-5,8-9,14-19,22-23H,1,6-7,10-13,20H2,(H2,31,34). The number of benzene rings is 2. The fourth-order valence-corrected chi connectivity index (χ4v) is 4.62. The fourth-order valence-electron chi connectivity index (χ4n) is 4.62. The van der Waals surface area contributed by atoms with Crippen LogP contribution < -0.4 is 15.2 Å². The number of rotatable bonds is 9. The minimum atomic E-state index is -0.596. The number of hydrogen-bond acceptors (Lipinski definition) is 5. The summed E-state index contributed by atoms with van der Waals surface area (Å²) >= 11 is 0. The van der Waals surface area contributed by atoms with Crippen molar-refractivity contribution in [2.24, 2.45) is 11.7 Å². The van der Waals surface area contributed by atoms with Crippen LogP contribution >= 0.6 is 0 Å². The van der Waals surface area contributed by atoms with Gasteiger partial charge in [0.2, 0.25) is 5.88 Å². The number of primary amides is 1. The molecule has 1 aliphatic rings. The number of pyridine rings is 1. The lowest BCUT2D eigenvalue weighted by Gasteiger charge is -2.24. The van der Waals surface area contributed by atoms with Crippen molar-refractivity contribution >= 4 is 11.7 Å². The molecule has 1 aromatic heterocycles. The second kappa shape index (κ2) is 12.2. The van der Waals surface area contributed by atoms with Gasteiger partial charge in [0.25, 0.3) is 5.91 Å². The third kappa shape index (κ3) is 6.60. The van der Waals surface area contributed by atoms with E-state index in [-0.39, 0.29) is 29.1 Å². The molecule has 1 amide bonds. The van der Waals surface area contributed by atoms with Crippen molar-refractivity contribution in [2.45, 2.75) is 51.0 Å². The Kier molecular flexibility index (Phi) is 8.50. The second-order valence-electron chi connectivity index (χ2n) is 9.16. The van der Waals surface area contributed by atoms with Crippen molar-refractivity contribution in [1.29, 1.82) is 0 Å². The van der Waals surface area contributed by atoms with E-state index in [1.165, 1.54) is 6.08 Å². The van der Waals surface area contributed by atoms with Gasteiger partial charge in [0.05, 0.1) is 0 Å². The largest absolute Gasteiger partial charge is 0.489 e. The summed E-state index contributed by atoms with van der Waals surface area (Å²) in [7, 11) is 0. The van der Waals surface area contributed by atoms with Crippen molar-refractivity contribution in [3.8, 4) is 17.4 Å². The van der Waals surface area contributed by atoms with Gasteiger partial charge in [-0.05, 0) is 73.7 Å². The number of nitrogens with zero attached hydrogens (tertiary/aromatic N) is 1. The number of amides is 1. The molecule has 186 valence electrons. The topological polar surface area (TPSA) is 91.5 Å². The number of hydrogen-bond donors (Lipinski definition) is 1. The molecule has 6 heteroatoms. The van der Waals surface area contributed by atoms with E-state index >= 15 is 0 Å². The molecule has 2 unspecified atom stereocenters. The van der Waals surface area contributed by atoms with Crippen molar-refractivity contribution in [1.82, 2.24) is 4.98 Å². The average molecular weight is 485 g/mol. The molecule has 36 heavy (non-hydrogen) atoms. The lowest BCUT2D eigenvalue weighted by molar-refractivity contribution is -0.118. The number of ether oxygens (including phenoxy) is 2. The van der Waals surface area contributed by atoms with Crippen LogP contribution in [-0.4, -0.2) is 16.7 Å². The Morgan fingerprint density at radius 3 is 2.36 bits per heavy atom. The number of carbonyl (C=O) groups excluding carboxylic acids is 2. The van der Waals surface area contributed by atoms with Crippen LogP contribution in [0.3, 0.4) is 0 Å². The molecule has 2 aromatic carbocycles. The van der Waals surface area contributed by atoms with Gasteiger partial charge in [-0.25, -0.2) is 4.98 Å². The Morgan fingerprint density at radius 2 is 1.64 bits per heavy atom. The van der Waals surface area contributed by atoms with Gasteiger partial charge in [-0.3, -0.25) is 9.59 Å². The van der Waals surface area contributed by atoms with Gasteiger partial charge in [-0.1, -0.05) is 49.8 Å². The molecule has 1 heterocycles. The van der Waals surface area contributed by atoms with Gasteiger partial charge in [0, 0.05) is 17.5 Å². The molecule has 6 nitrogen and oxygen atoms in total. The summed E-state index contributed by atoms with van der Waals surface area (Å²) < 4.78 is 11.9. The van der Waals surface area contributed by atoms with Crippen LogP contribution in [0.15, 0.2) is 79.4 Å². The maximum atomic E-state index is 12.2. The smallest absolute Gasteiger partial charge is 0.254 e. The van der Waals surface area contributed by atoms with E-state index in [9.17, 15) is 9.59 Å². The first kappa shape index (κ1) is 25.2. The Hall–Kier alpha value is -3.93. The average Bonchev–Trinajstić information content (AvgIpc) is 2.88. The third-order valence-corrected chi connectivity index (χ3v) is 6.67. The number of aromatic nitrogens is 1. The Bertz CT molecular complexity index is 1190. The van der Waals surface area contributed by atoms with Crippen molar-refractivity contribution in [3.05, 3.63) is 96.2 Å². The van der Waals surface area contributed by atoms with Gasteiger partial charge in [0.1, 0.15) is 23.7 Å². The maximum absolute atomic E-state index is 12.2. The SMILES string of the molecule is C=CC(=O)C1CCCCC(c2ccc(C(N)=O)c(Oc3ccc(OCc4ccccc4)cc3)n2)CC1. The van der Waals surface area contributed by atoms with E-state index in [1.807, 2.05) is 48.5 Å². The van der Waals surface area contributed by atoms with E-state index in [2.05, 4.69) is 6.58 Å². The molecule has 0 radical (unpaired) electrons. The van der Waals surface area contributed by atoms with E-state index in [1.54, 1.807) is 18.2 Å². The van der Waals surface area contributed by atoms with Crippen LogP contribution in [-0.2, 0) is 11.4 Å². The molecule has 0 aliphatic heterocycles. The van der Waals surface area contributed by atoms with Crippen LogP contribution in [0.1, 0.15) is 66.1 Å². The first-order valence-corrected chi connectivity index (χ1v) is 12.4. The van der Waals surface area contributed by atoms with Gasteiger partial charge in [-0.15, -0.1) is 0 Å². The summed E-state index contributed by atoms with van der Waals surface area (Å²) in [6, 6.07) is 20.7. The summed E-state index contributed by atoms with van der Waals surface area (Å²) in [5.41, 5.74) is 7.77. The summed E-state index contributed by atoms with van der Waals surface area (Å²) in [5, 5.41) is 0. The zero-order valence-electron chi connectivity index (χ0n) is 20.4. The Morgan fingerprint density at radius 1 is 0.917 bits per heavy atom. The van der Waals surface area contributed by atoms with E-state index in [0.29, 0.717) is 18.1 Å². The fraction of sp³-hybridized carbons (Fsp3) is 0.300. The molecule has 1 aliphatic carbocycles. The maximum Gasteiger partial charge on any atom is 0.254 e. The van der Waals surface area contributed by atoms with Crippen LogP contribution in [0.5, 0.6) is 17.4 Å². The minimum absolute atomic E-state index is 0.0218. The zero-order chi connectivity index (χ0) is 25.3. The Labute approximate surface area is 212 Å². The lowest BCUT2D eigenvalue weighted by Crippen LogP contribution is -2.17. The van der Waals surface area contributed by atoms with Gasteiger partial charge >= 0.3 is 0 Å². The number of ketones is 1. The van der Waals surface area contributed by atoms with Crippen LogP contribution in [0.25, 0.3) is 0 Å². The van der Waals surface area contributed by atoms with Crippen molar-refractivity contribution in [3.63, 3.8) is 0 Å². The summed E-state index contributed by atoms with van der Waals surface area (Å²) in [5.74, 6) is 1.16. The highest BCUT2D eigenvalue weighted by Crippen LogP contribution is 2.35. The van der Waals surface area contributed by atoms with Gasteiger partial charge in [-0.2, -0.15) is 0 Å². The highest BCUT2D eigenvalue weighted by Gasteiger charge is 2.24. The van der Waals surface area contributed by atoms with E-state index in [4.69, 9.17) is 20.2 Å². The van der Waals surface area contributed by atoms with Crippen LogP contribution in [0, 0.1) is 5.92 Å². The first-order chi connectivity index (χ1) is 17.5. The summed E-state index contributed by atoms with van der Waals surface area (Å²) in [6.45, 7) is 4.11. The Balaban J connectivity index is 1.47. The molecule has 1 saturated carbocycles. The predicted molar refractivity (Wildman–Crippen MR) is 139 cm³/mol. The molecule has 1 fully saturated rings. The minimum Gasteiger partial charge on any atom is -0.489 e. The molecule has 4 rings (SSSR count). The molecular weight excluding hydrogens is 452 g/mol. The molecule has 0 bridgehead atoms. The zero-order valence-corrected chi connectivity index (χ0v) is 20.4. The van der Waals surface area contributed by atoms with E-state index in [0.717, 1.165) is 49.8 Å².